The van der Waals surface area contributed by atoms with Crippen molar-refractivity contribution in [2.75, 3.05) is 9.80 Å². The van der Waals surface area contributed by atoms with E-state index in [2.05, 4.69) is 371 Å². The Morgan fingerprint density at radius 2 is 0.594 bits per heavy atom. The van der Waals surface area contributed by atoms with Gasteiger partial charge in [-0.15, -0.1) is 11.3 Å². The molecule has 0 saturated carbocycles. The Morgan fingerprint density at radius 3 is 1.12 bits per heavy atom. The minimum atomic E-state index is 0.890. The Morgan fingerprint density at radius 1 is 0.229 bits per heavy atom. The van der Waals surface area contributed by atoms with Crippen molar-refractivity contribution in [2.45, 2.75) is 0 Å². The number of benzene rings is 15. The molecular weight excluding hydrogens is 1190 g/mol. The Hall–Kier alpha value is -12.5. The van der Waals surface area contributed by atoms with Gasteiger partial charge in [0.2, 0.25) is 0 Å². The predicted molar refractivity (Wildman–Crippen MR) is 407 cm³/mol. The molecule has 6 heteroatoms. The van der Waals surface area contributed by atoms with Crippen molar-refractivity contribution >= 4 is 131 Å². The number of rotatable bonds is 11. The Balaban J connectivity index is 0.000000141. The van der Waals surface area contributed by atoms with Gasteiger partial charge < -0.3 is 23.4 Å². The molecule has 4 aromatic heterocycles. The highest BCUT2D eigenvalue weighted by molar-refractivity contribution is 7.25. The van der Waals surface area contributed by atoms with Crippen LogP contribution < -0.4 is 9.80 Å². The second-order valence-electron chi connectivity index (χ2n) is 24.4. The molecule has 5 nitrogen and oxygen atoms in total. The molecule has 0 unspecified atom stereocenters. The number of para-hydroxylation sites is 4. The van der Waals surface area contributed by atoms with E-state index in [0.717, 1.165) is 73.0 Å². The summed E-state index contributed by atoms with van der Waals surface area (Å²) in [7, 11) is 0. The lowest BCUT2D eigenvalue weighted by Gasteiger charge is -2.27. The molecule has 0 aliphatic heterocycles. The average Bonchev–Trinajstić information content (AvgIpc) is 1.60. The van der Waals surface area contributed by atoms with Gasteiger partial charge in [-0.3, -0.25) is 0 Å². The smallest absolute Gasteiger partial charge is 0.135 e. The summed E-state index contributed by atoms with van der Waals surface area (Å²) in [6.45, 7) is 0. The van der Waals surface area contributed by atoms with Crippen molar-refractivity contribution in [3.63, 3.8) is 0 Å². The van der Waals surface area contributed by atoms with Crippen LogP contribution in [0.5, 0.6) is 0 Å². The topological polar surface area (TPSA) is 29.5 Å². The lowest BCUT2D eigenvalue weighted by molar-refractivity contribution is 0.669. The van der Waals surface area contributed by atoms with Crippen molar-refractivity contribution < 1.29 is 4.42 Å². The van der Waals surface area contributed by atoms with Crippen LogP contribution in [0.1, 0.15) is 0 Å². The van der Waals surface area contributed by atoms with E-state index in [1.54, 1.807) is 0 Å². The average molecular weight is 1250 g/mol. The van der Waals surface area contributed by atoms with E-state index in [4.69, 9.17) is 4.42 Å². The second-order valence-corrected chi connectivity index (χ2v) is 25.4. The quantitative estimate of drug-likeness (QED) is 0.129. The summed E-state index contributed by atoms with van der Waals surface area (Å²) >= 11 is 1.86. The zero-order valence-corrected chi connectivity index (χ0v) is 53.1. The first-order valence-electron chi connectivity index (χ1n) is 32.6. The maximum atomic E-state index is 6.19. The van der Waals surface area contributed by atoms with Crippen molar-refractivity contribution in [1.82, 2.24) is 9.13 Å². The van der Waals surface area contributed by atoms with E-state index in [1.807, 2.05) is 23.5 Å². The number of thiophene rings is 1. The SMILES string of the molecule is c1ccc(-c2ccc(-n3c4ccccc4c4c(N(c5ccccc5)c5ccc6oc7ccccc7c6c5)cccc43)cc2)cc1.c1ccc(-c2ccc(N(c3ccc4sc5ccccc5c4c3)c3cccc4c3c3ccccc3n4-c3ccc(-c4ccccc4)cc3)cc2)cc1. The molecule has 15 aromatic carbocycles. The second kappa shape index (κ2) is 23.9. The van der Waals surface area contributed by atoms with Crippen LogP contribution in [0.25, 0.3) is 130 Å². The Labute approximate surface area is 559 Å². The third-order valence-corrected chi connectivity index (χ3v) is 19.9. The van der Waals surface area contributed by atoms with Crippen molar-refractivity contribution in [2.24, 2.45) is 0 Å². The number of hydrogen-bond acceptors (Lipinski definition) is 4. The van der Waals surface area contributed by atoms with E-state index >= 15 is 0 Å². The fraction of sp³-hybridized carbons (Fsp3) is 0. The zero-order chi connectivity index (χ0) is 63.5. The molecule has 0 atom stereocenters. The molecule has 0 spiro atoms. The first-order valence-corrected chi connectivity index (χ1v) is 33.4. The van der Waals surface area contributed by atoms with Gasteiger partial charge in [-0.05, 0) is 167 Å². The molecule has 0 radical (unpaired) electrons. The summed E-state index contributed by atoms with van der Waals surface area (Å²) in [5.41, 5.74) is 22.7. The monoisotopic (exact) mass is 1240 g/mol. The van der Waals surface area contributed by atoms with Crippen LogP contribution in [0.4, 0.5) is 34.1 Å². The van der Waals surface area contributed by atoms with Crippen molar-refractivity contribution in [1.29, 1.82) is 0 Å². The molecule has 19 aromatic rings. The van der Waals surface area contributed by atoms with Gasteiger partial charge in [0.15, 0.2) is 0 Å². The normalized spacial score (nSPS) is 11.5. The number of hydrogen-bond donors (Lipinski definition) is 0. The van der Waals surface area contributed by atoms with Crippen LogP contribution in [-0.4, -0.2) is 9.13 Å². The molecule has 19 rings (SSSR count). The molecule has 0 fully saturated rings. The van der Waals surface area contributed by atoms with Crippen molar-refractivity contribution in [3.8, 4) is 44.8 Å². The highest BCUT2D eigenvalue weighted by Gasteiger charge is 2.25. The maximum Gasteiger partial charge on any atom is 0.135 e. The van der Waals surface area contributed by atoms with E-state index < -0.39 is 0 Å². The van der Waals surface area contributed by atoms with Crippen LogP contribution >= 0.6 is 11.3 Å². The van der Waals surface area contributed by atoms with Gasteiger partial charge in [0, 0.05) is 86.6 Å². The first-order chi connectivity index (χ1) is 47.6. The van der Waals surface area contributed by atoms with Gasteiger partial charge in [-0.1, -0.05) is 231 Å². The molecule has 96 heavy (non-hydrogen) atoms. The fourth-order valence-corrected chi connectivity index (χ4v) is 15.5. The van der Waals surface area contributed by atoms with Crippen LogP contribution in [0, 0.1) is 0 Å². The highest BCUT2D eigenvalue weighted by Crippen LogP contribution is 2.48. The van der Waals surface area contributed by atoms with Crippen molar-refractivity contribution in [3.05, 3.63) is 364 Å². The lowest BCUT2D eigenvalue weighted by Crippen LogP contribution is -2.10. The van der Waals surface area contributed by atoms with E-state index in [0.29, 0.717) is 0 Å². The largest absolute Gasteiger partial charge is 0.456 e. The third kappa shape index (κ3) is 9.86. The number of aromatic nitrogens is 2. The first kappa shape index (κ1) is 56.3. The molecule has 0 aliphatic carbocycles. The van der Waals surface area contributed by atoms with E-state index in [9.17, 15) is 0 Å². The Kier molecular flexibility index (Phi) is 14.0. The summed E-state index contributed by atoms with van der Waals surface area (Å²) < 4.78 is 13.6. The number of furan rings is 1. The van der Waals surface area contributed by atoms with Gasteiger partial charge in [-0.25, -0.2) is 0 Å². The lowest BCUT2D eigenvalue weighted by atomic mass is 10.0. The standard InChI is InChI=1S/C48H32N2S.C42H28N2O/c1-3-12-33(13-4-1)35-22-26-37(27-23-35)49(39-30-31-47-42(32-39)40-16-8-10-21-46(40)51-47)44-19-11-20-45-48(44)41-17-7-9-18-43(41)50(45)38-28-24-36(25-29-38)34-14-5-2-6-15-34;1-3-12-29(13-4-1)30-22-24-32(25-23-30)44-37-18-9-7-17-35(37)42-38(19-11-20-39(42)44)43(31-14-5-2-6-15-31)33-26-27-41-36(28-33)34-16-8-10-21-40(34)45-41/h1-32H;1-28H. The third-order valence-electron chi connectivity index (χ3n) is 18.8. The minimum Gasteiger partial charge on any atom is -0.456 e. The van der Waals surface area contributed by atoms with Gasteiger partial charge in [0.25, 0.3) is 0 Å². The van der Waals surface area contributed by atoms with Gasteiger partial charge in [-0.2, -0.15) is 0 Å². The fourth-order valence-electron chi connectivity index (χ4n) is 14.4. The Bertz CT molecular complexity index is 6050. The van der Waals surface area contributed by atoms with Crippen LogP contribution in [-0.2, 0) is 0 Å². The highest BCUT2D eigenvalue weighted by atomic mass is 32.1. The zero-order valence-electron chi connectivity index (χ0n) is 52.2. The molecule has 0 amide bonds. The minimum absolute atomic E-state index is 0.890. The molecular formula is C90H60N4OS. The summed E-state index contributed by atoms with van der Waals surface area (Å²) in [6, 6.07) is 131. The van der Waals surface area contributed by atoms with Crippen LogP contribution in [0.15, 0.2) is 368 Å². The van der Waals surface area contributed by atoms with Crippen LogP contribution in [0.2, 0.25) is 0 Å². The van der Waals surface area contributed by atoms with Gasteiger partial charge in [0.05, 0.1) is 33.4 Å². The van der Waals surface area contributed by atoms with E-state index in [1.165, 1.54) is 91.6 Å². The maximum absolute atomic E-state index is 6.19. The van der Waals surface area contributed by atoms with Gasteiger partial charge >= 0.3 is 0 Å². The molecule has 0 N–H and O–H groups in total. The summed E-state index contributed by atoms with van der Waals surface area (Å²) in [6.07, 6.45) is 0. The number of fused-ring (bicyclic) bond motifs is 12. The molecule has 0 aliphatic rings. The van der Waals surface area contributed by atoms with Gasteiger partial charge in [0.1, 0.15) is 11.2 Å². The number of nitrogens with zero attached hydrogens (tertiary/aromatic N) is 4. The summed E-state index contributed by atoms with van der Waals surface area (Å²) in [5.74, 6) is 0. The summed E-state index contributed by atoms with van der Waals surface area (Å²) in [5, 5.41) is 9.69. The molecule has 4 heterocycles. The molecule has 0 saturated heterocycles. The molecule has 0 bridgehead atoms. The summed E-state index contributed by atoms with van der Waals surface area (Å²) in [4.78, 5) is 4.82. The van der Waals surface area contributed by atoms with E-state index in [-0.39, 0.29) is 0 Å². The predicted octanol–water partition coefficient (Wildman–Crippen LogP) is 25.8. The number of anilines is 6. The molecule has 452 valence electrons. The van der Waals surface area contributed by atoms with Crippen LogP contribution in [0.3, 0.4) is 0 Å².